The van der Waals surface area contributed by atoms with Crippen LogP contribution in [0.1, 0.15) is 155 Å². The number of para-hydroxylation sites is 3. The number of aliphatic carboxylic acids is 1. The molecule has 1 heterocycles. The second-order valence-corrected chi connectivity index (χ2v) is 29.1. The van der Waals surface area contributed by atoms with E-state index < -0.39 is 17.7 Å². The van der Waals surface area contributed by atoms with Crippen molar-refractivity contribution in [3.8, 4) is 29.1 Å². The summed E-state index contributed by atoms with van der Waals surface area (Å²) in [6.07, 6.45) is 16.9. The van der Waals surface area contributed by atoms with Crippen molar-refractivity contribution in [3.63, 3.8) is 0 Å². The second kappa shape index (κ2) is 27.2. The van der Waals surface area contributed by atoms with Crippen molar-refractivity contribution < 1.29 is 49.3 Å². The van der Waals surface area contributed by atoms with E-state index in [1.807, 2.05) is 73.7 Å². The zero-order valence-corrected chi connectivity index (χ0v) is 54.7. The number of benzene rings is 4. The molecule has 0 saturated heterocycles. The first-order valence-corrected chi connectivity index (χ1v) is 34.0. The van der Waals surface area contributed by atoms with Gasteiger partial charge in [-0.05, 0) is 227 Å². The quantitative estimate of drug-likeness (QED) is 0.0366. The third kappa shape index (κ3) is 12.6. The van der Waals surface area contributed by atoms with Gasteiger partial charge in [0.1, 0.15) is 30.7 Å². The number of nitrogens with one attached hydrogen (secondary N) is 2. The number of ketones is 1. The number of fused-ring (bicyclic) bond motifs is 12. The van der Waals surface area contributed by atoms with E-state index >= 15 is 0 Å². The number of rotatable bonds is 16. The van der Waals surface area contributed by atoms with Crippen LogP contribution in [0.4, 0.5) is 5.69 Å². The highest BCUT2D eigenvalue weighted by atomic mass is 16.5. The minimum absolute atomic E-state index is 0.0591. The largest absolute Gasteiger partial charge is 0.493 e. The molecule has 1 aromatic heterocycles. The van der Waals surface area contributed by atoms with Crippen molar-refractivity contribution in [2.45, 2.75) is 174 Å². The highest BCUT2D eigenvalue weighted by molar-refractivity contribution is 6.10. The fraction of sp³-hybridized carbons (Fsp3) is 0.584. The van der Waals surface area contributed by atoms with E-state index in [1.54, 1.807) is 12.7 Å². The summed E-state index contributed by atoms with van der Waals surface area (Å²) in [5, 5.41) is 58.1. The number of methoxy groups -OCH3 is 1. The molecule has 8 aliphatic rings. The van der Waals surface area contributed by atoms with Crippen molar-refractivity contribution >= 4 is 39.2 Å². The van der Waals surface area contributed by atoms with E-state index in [-0.39, 0.29) is 53.2 Å². The molecule has 0 aliphatic heterocycles. The number of nitrogens with zero attached hydrogens (tertiary/aromatic N) is 1. The first-order chi connectivity index (χ1) is 43.2. The van der Waals surface area contributed by atoms with Gasteiger partial charge in [-0.3, -0.25) is 9.59 Å². The molecule has 484 valence electrons. The number of ether oxygens (including phenoxy) is 3. The fourth-order valence-corrected chi connectivity index (χ4v) is 19.6. The van der Waals surface area contributed by atoms with E-state index in [4.69, 9.17) is 19.3 Å². The Kier molecular flexibility index (Phi) is 19.8. The highest BCUT2D eigenvalue weighted by Gasteiger charge is 2.65. The summed E-state index contributed by atoms with van der Waals surface area (Å²) >= 11 is 0. The minimum Gasteiger partial charge on any atom is -0.493 e. The van der Waals surface area contributed by atoms with E-state index in [1.165, 1.54) is 41.7 Å². The SMILES string of the molecule is CC#C[C@]1(O)CC[C@H]2[C@@H]3CCC4=CC(=O)CCC4=C3[C@@H](c3ccc(N(C)C)cc3)C[C@@]21C.COc1ccccc1OCCNCC(O)COc1cccc2[nH]c3ccccc3c12.C[C@H](CCC(=O)O)[C@H]1CC[C@H]2[C@@H]3CC[C@@H]4C[C@H](O)CC[C@]4(C)[C@H]3C[C@H](O)[C@]12C. The number of hydrogen-bond acceptors (Lipinski definition) is 11. The summed E-state index contributed by atoms with van der Waals surface area (Å²) in [6.45, 7) is 12.8. The van der Waals surface area contributed by atoms with Crippen LogP contribution in [0.15, 0.2) is 114 Å². The zero-order chi connectivity index (χ0) is 63.7. The number of carboxylic acid groups (broad SMARTS) is 1. The smallest absolute Gasteiger partial charge is 0.303 e. The Labute approximate surface area is 534 Å². The molecular weight excluding hydrogens is 1130 g/mol. The Morgan fingerprint density at radius 1 is 0.811 bits per heavy atom. The van der Waals surface area contributed by atoms with Crippen LogP contribution >= 0.6 is 0 Å². The molecule has 6 fully saturated rings. The maximum atomic E-state index is 12.2. The normalized spacial score (nSPS) is 32.9. The summed E-state index contributed by atoms with van der Waals surface area (Å²) in [5.41, 5.74) is 8.02. The molecule has 0 radical (unpaired) electrons. The summed E-state index contributed by atoms with van der Waals surface area (Å²) in [7, 11) is 5.76. The summed E-state index contributed by atoms with van der Waals surface area (Å²) in [5.74, 6) is 12.5. The van der Waals surface area contributed by atoms with Gasteiger partial charge in [0, 0.05) is 73.3 Å². The van der Waals surface area contributed by atoms with Crippen molar-refractivity contribution in [1.82, 2.24) is 10.3 Å². The Hall–Kier alpha value is -6.14. The molecule has 1 unspecified atom stereocenters. The Morgan fingerprint density at radius 3 is 2.31 bits per heavy atom. The number of H-pyrrole nitrogens is 1. The van der Waals surface area contributed by atoms with Gasteiger partial charge < -0.3 is 54.9 Å². The van der Waals surface area contributed by atoms with E-state index in [0.29, 0.717) is 85.0 Å². The van der Waals surface area contributed by atoms with E-state index in [2.05, 4.69) is 99.2 Å². The fourth-order valence-electron chi connectivity index (χ4n) is 19.6. The van der Waals surface area contributed by atoms with Gasteiger partial charge in [0.25, 0.3) is 0 Å². The van der Waals surface area contributed by atoms with Crippen molar-refractivity contribution in [3.05, 3.63) is 119 Å². The topological polar surface area (TPSA) is 194 Å². The maximum Gasteiger partial charge on any atom is 0.303 e. The average Bonchev–Trinajstić information content (AvgIpc) is 1.40. The molecule has 7 N–H and O–H groups in total. The van der Waals surface area contributed by atoms with Gasteiger partial charge in [-0.2, -0.15) is 0 Å². The Morgan fingerprint density at radius 2 is 1.56 bits per heavy atom. The first kappa shape index (κ1) is 65.4. The van der Waals surface area contributed by atoms with Gasteiger partial charge in [-0.1, -0.05) is 87.7 Å². The number of carbonyl (C=O) groups excluding carboxylic acids is 1. The van der Waals surface area contributed by atoms with Crippen molar-refractivity contribution in [2.24, 2.45) is 63.6 Å². The van der Waals surface area contributed by atoms with E-state index in [9.17, 15) is 30.0 Å². The molecule has 0 bridgehead atoms. The van der Waals surface area contributed by atoms with Gasteiger partial charge in [-0.25, -0.2) is 0 Å². The number of carbonyl (C=O) groups is 2. The number of aliphatic hydroxyl groups is 4. The molecule has 0 spiro atoms. The molecule has 16 atom stereocenters. The lowest BCUT2D eigenvalue weighted by Crippen LogP contribution is -2.58. The number of anilines is 1. The lowest BCUT2D eigenvalue weighted by atomic mass is 9.43. The first-order valence-electron chi connectivity index (χ1n) is 34.0. The number of aromatic nitrogens is 1. The standard InChI is InChI=1S/C29H35NO2.C24H26N2O4.C24H40O4/c1-5-15-29(32)16-14-26-24-12-8-20-17-22(31)11-13-23(20)27(24)25(18-28(26,29)2)19-6-9-21(10-7-19)30(3)4;1-28-21-10-4-5-11-22(21)29-14-13-25-15-17(27)16-30-23-12-6-9-20-24(23)18-7-2-3-8-19(18)26-20;1-14(4-9-22(27)28)18-7-8-19-17-6-5-15-12-16(25)10-11-23(15,2)20(17)13-21(26)24(18,19)3/h6-7,9-10,17,24-26,32H,8,11-14,16,18H2,1-4H3;2-12,17,25-27H,13-16H2,1H3;14-21,25-26H,4-13H2,1-3H3,(H,27,28)/t24-,25+,26-,28-,29-;;14-,15-,16-,17+,18-,19+,20+,21+,23+,24-/m0.1/s1. The van der Waals surface area contributed by atoms with Gasteiger partial charge >= 0.3 is 5.97 Å². The van der Waals surface area contributed by atoms with Gasteiger partial charge in [-0.15, -0.1) is 5.92 Å². The van der Waals surface area contributed by atoms with Crippen molar-refractivity contribution in [2.75, 3.05) is 52.4 Å². The Balaban J connectivity index is 0.000000139. The van der Waals surface area contributed by atoms with Gasteiger partial charge in [0.15, 0.2) is 17.3 Å². The number of aromatic amines is 1. The predicted octanol–water partition coefficient (Wildman–Crippen LogP) is 13.6. The monoisotopic (exact) mass is 1230 g/mol. The van der Waals surface area contributed by atoms with Crippen LogP contribution in [-0.2, 0) is 9.59 Å². The number of aliphatic hydroxyl groups excluding tert-OH is 3. The predicted molar refractivity (Wildman–Crippen MR) is 357 cm³/mol. The number of carboxylic acids is 1. The third-order valence-corrected chi connectivity index (χ3v) is 24.3. The average molecular weight is 1230 g/mol. The summed E-state index contributed by atoms with van der Waals surface area (Å²) in [4.78, 5) is 28.8. The van der Waals surface area contributed by atoms with Gasteiger partial charge in [0.05, 0.1) is 24.8 Å². The van der Waals surface area contributed by atoms with Crippen LogP contribution in [-0.4, -0.2) is 114 Å². The number of allylic oxidation sites excluding steroid dienone is 4. The van der Waals surface area contributed by atoms with Crippen LogP contribution < -0.4 is 24.4 Å². The molecule has 5 aromatic rings. The second-order valence-electron chi connectivity index (χ2n) is 29.1. The zero-order valence-electron chi connectivity index (χ0n) is 54.7. The van der Waals surface area contributed by atoms with Gasteiger partial charge in [0.2, 0.25) is 0 Å². The van der Waals surface area contributed by atoms with Crippen LogP contribution in [0, 0.1) is 75.4 Å². The molecule has 13 nitrogen and oxygen atoms in total. The molecular formula is C77H101N3O10. The molecule has 90 heavy (non-hydrogen) atoms. The molecule has 4 aromatic carbocycles. The summed E-state index contributed by atoms with van der Waals surface area (Å²) < 4.78 is 16.9. The molecule has 13 heteroatoms. The van der Waals surface area contributed by atoms with Crippen LogP contribution in [0.5, 0.6) is 17.2 Å². The molecule has 6 saturated carbocycles. The van der Waals surface area contributed by atoms with Crippen LogP contribution in [0.3, 0.4) is 0 Å². The molecule has 0 amide bonds. The molecule has 13 rings (SSSR count). The lowest BCUT2D eigenvalue weighted by Gasteiger charge is -2.62. The number of hydrogen-bond donors (Lipinski definition) is 7. The van der Waals surface area contributed by atoms with Crippen LogP contribution in [0.25, 0.3) is 21.8 Å². The minimum atomic E-state index is -0.914. The third-order valence-electron chi connectivity index (χ3n) is 24.3. The lowest BCUT2D eigenvalue weighted by molar-refractivity contribution is -0.175. The van der Waals surface area contributed by atoms with Crippen molar-refractivity contribution in [1.29, 1.82) is 0 Å². The highest BCUT2D eigenvalue weighted by Crippen LogP contribution is 2.69. The van der Waals surface area contributed by atoms with E-state index in [0.717, 1.165) is 105 Å². The molecule has 8 aliphatic carbocycles. The van der Waals surface area contributed by atoms with Crippen LogP contribution in [0.2, 0.25) is 0 Å². The Bertz CT molecular complexity index is 3490. The maximum absolute atomic E-state index is 12.2. The summed E-state index contributed by atoms with van der Waals surface area (Å²) in [6, 6.07) is 30.6.